The quantitative estimate of drug-likeness (QED) is 0.290. The first-order valence-corrected chi connectivity index (χ1v) is 8.95. The lowest BCUT2D eigenvalue weighted by Crippen LogP contribution is -2.36. The summed E-state index contributed by atoms with van der Waals surface area (Å²) in [5.41, 5.74) is 0.476. The van der Waals surface area contributed by atoms with E-state index in [4.69, 9.17) is 9.47 Å². The second-order valence-electron chi connectivity index (χ2n) is 6.56. The summed E-state index contributed by atoms with van der Waals surface area (Å²) in [6.07, 6.45) is 1.25. The number of aromatic hydroxyl groups is 1. The normalized spacial score (nSPS) is 13.2. The van der Waals surface area contributed by atoms with Gasteiger partial charge in [-0.2, -0.15) is 10.1 Å². The van der Waals surface area contributed by atoms with Gasteiger partial charge in [-0.05, 0) is 30.3 Å². The smallest absolute Gasteiger partial charge is 0.282 e. The number of nitrogens with zero attached hydrogens (tertiary/aromatic N) is 3. The van der Waals surface area contributed by atoms with E-state index in [0.717, 1.165) is 0 Å². The lowest BCUT2D eigenvalue weighted by atomic mass is 9.94. The van der Waals surface area contributed by atoms with Gasteiger partial charge in [-0.3, -0.25) is 19.7 Å². The Hall–Kier alpha value is -4.47. The molecule has 0 bridgehead atoms. The molecule has 0 fully saturated rings. The van der Waals surface area contributed by atoms with E-state index in [0.29, 0.717) is 10.6 Å². The van der Waals surface area contributed by atoms with Crippen molar-refractivity contribution < 1.29 is 29.1 Å². The number of ether oxygens (including phenoxy) is 2. The highest BCUT2D eigenvalue weighted by Crippen LogP contribution is 2.37. The number of phenols is 1. The molecule has 0 aliphatic carbocycles. The molecule has 10 nitrogen and oxygen atoms in total. The Balaban J connectivity index is 1.79. The zero-order valence-electron chi connectivity index (χ0n) is 16.4. The number of hydrogen-bond donors (Lipinski definition) is 1. The monoisotopic (exact) mass is 421 g/mol. The number of nitro groups is 1. The van der Waals surface area contributed by atoms with Crippen LogP contribution in [0.5, 0.6) is 17.2 Å². The fourth-order valence-electron chi connectivity index (χ4n) is 3.44. The molecule has 0 saturated heterocycles. The van der Waals surface area contributed by atoms with Crippen molar-refractivity contribution in [1.29, 1.82) is 0 Å². The Morgan fingerprint density at radius 3 is 2.23 bits per heavy atom. The first kappa shape index (κ1) is 19.8. The van der Waals surface area contributed by atoms with Gasteiger partial charge in [0.25, 0.3) is 17.5 Å². The Kier molecular flexibility index (Phi) is 4.74. The minimum atomic E-state index is -0.711. The molecule has 0 radical (unpaired) electrons. The number of phenolic OH excluding ortho intramolecular Hbond substituents is 1. The van der Waals surface area contributed by atoms with E-state index in [9.17, 15) is 24.8 Å². The number of imide groups is 1. The minimum Gasteiger partial charge on any atom is -0.502 e. The number of benzene rings is 3. The molecule has 156 valence electrons. The molecule has 0 spiro atoms. The molecule has 0 saturated carbocycles. The van der Waals surface area contributed by atoms with E-state index < -0.39 is 16.7 Å². The highest BCUT2D eigenvalue weighted by Gasteiger charge is 2.34. The molecule has 3 aromatic carbocycles. The zero-order valence-corrected chi connectivity index (χ0v) is 16.4. The third-order valence-corrected chi connectivity index (χ3v) is 4.88. The van der Waals surface area contributed by atoms with Crippen LogP contribution in [0.2, 0.25) is 0 Å². The van der Waals surface area contributed by atoms with Gasteiger partial charge in [-0.25, -0.2) is 0 Å². The number of amides is 2. The van der Waals surface area contributed by atoms with Gasteiger partial charge >= 0.3 is 0 Å². The number of hydrogen-bond acceptors (Lipinski definition) is 8. The number of nitro benzene ring substituents is 1. The predicted octanol–water partition coefficient (Wildman–Crippen LogP) is 3.10. The van der Waals surface area contributed by atoms with E-state index in [-0.39, 0.29) is 44.8 Å². The number of hydrazone groups is 1. The Morgan fingerprint density at radius 2 is 1.65 bits per heavy atom. The molecule has 1 aliphatic heterocycles. The van der Waals surface area contributed by atoms with Gasteiger partial charge in [0.15, 0.2) is 11.5 Å². The highest BCUT2D eigenvalue weighted by molar-refractivity contribution is 6.26. The van der Waals surface area contributed by atoms with Crippen LogP contribution in [-0.4, -0.2) is 47.3 Å². The van der Waals surface area contributed by atoms with Crippen LogP contribution in [0.15, 0.2) is 47.6 Å². The summed E-state index contributed by atoms with van der Waals surface area (Å²) in [6.45, 7) is 0. The Labute approximate surface area is 175 Å². The van der Waals surface area contributed by atoms with E-state index in [1.807, 2.05) is 0 Å². The number of methoxy groups -OCH3 is 2. The number of non-ortho nitro benzene ring substituents is 1. The SMILES string of the molecule is COc1cc(/C=N/N2C(=O)c3cccc4c([N+](=O)[O-])ccc(c34)C2=O)cc(OC)c1O. The molecule has 4 rings (SSSR count). The zero-order chi connectivity index (χ0) is 22.3. The lowest BCUT2D eigenvalue weighted by molar-refractivity contribution is -0.383. The van der Waals surface area contributed by atoms with Gasteiger partial charge in [0.05, 0.1) is 41.9 Å². The average molecular weight is 421 g/mol. The van der Waals surface area contributed by atoms with Crippen LogP contribution in [0.25, 0.3) is 10.8 Å². The molecule has 0 atom stereocenters. The fourth-order valence-corrected chi connectivity index (χ4v) is 3.44. The molecule has 1 heterocycles. The predicted molar refractivity (Wildman–Crippen MR) is 110 cm³/mol. The fraction of sp³-hybridized carbons (Fsp3) is 0.0952. The van der Waals surface area contributed by atoms with Gasteiger partial charge < -0.3 is 14.6 Å². The summed E-state index contributed by atoms with van der Waals surface area (Å²) in [5, 5.41) is 26.5. The van der Waals surface area contributed by atoms with Crippen LogP contribution >= 0.6 is 0 Å². The van der Waals surface area contributed by atoms with Gasteiger partial charge in [-0.15, -0.1) is 0 Å². The largest absolute Gasteiger partial charge is 0.502 e. The van der Waals surface area contributed by atoms with Crippen molar-refractivity contribution in [2.45, 2.75) is 0 Å². The first-order chi connectivity index (χ1) is 14.9. The van der Waals surface area contributed by atoms with Crippen LogP contribution in [-0.2, 0) is 0 Å². The number of carbonyl (C=O) groups is 2. The average Bonchev–Trinajstić information content (AvgIpc) is 2.77. The second-order valence-corrected chi connectivity index (χ2v) is 6.56. The van der Waals surface area contributed by atoms with E-state index in [1.54, 1.807) is 0 Å². The van der Waals surface area contributed by atoms with Crippen molar-refractivity contribution in [2.75, 3.05) is 14.2 Å². The maximum atomic E-state index is 12.9. The van der Waals surface area contributed by atoms with Crippen molar-refractivity contribution in [3.63, 3.8) is 0 Å². The molecule has 1 N–H and O–H groups in total. The van der Waals surface area contributed by atoms with Gasteiger partial charge in [0, 0.05) is 17.0 Å². The van der Waals surface area contributed by atoms with Crippen molar-refractivity contribution in [3.8, 4) is 17.2 Å². The molecule has 31 heavy (non-hydrogen) atoms. The second kappa shape index (κ2) is 7.41. The molecule has 3 aromatic rings. The third-order valence-electron chi connectivity index (χ3n) is 4.88. The van der Waals surface area contributed by atoms with Crippen molar-refractivity contribution in [1.82, 2.24) is 5.01 Å². The Morgan fingerprint density at radius 1 is 1.03 bits per heavy atom. The van der Waals surface area contributed by atoms with Crippen LogP contribution in [0.3, 0.4) is 0 Å². The summed E-state index contributed by atoms with van der Waals surface area (Å²) in [7, 11) is 2.73. The maximum Gasteiger partial charge on any atom is 0.282 e. The van der Waals surface area contributed by atoms with Crippen LogP contribution < -0.4 is 9.47 Å². The van der Waals surface area contributed by atoms with Crippen LogP contribution in [0.4, 0.5) is 5.69 Å². The first-order valence-electron chi connectivity index (χ1n) is 8.95. The van der Waals surface area contributed by atoms with E-state index in [1.165, 1.54) is 62.9 Å². The minimum absolute atomic E-state index is 0.125. The van der Waals surface area contributed by atoms with Gasteiger partial charge in [0.2, 0.25) is 5.75 Å². The lowest BCUT2D eigenvalue weighted by Gasteiger charge is -2.23. The van der Waals surface area contributed by atoms with Crippen molar-refractivity contribution in [2.24, 2.45) is 5.10 Å². The molecule has 0 aromatic heterocycles. The van der Waals surface area contributed by atoms with E-state index in [2.05, 4.69) is 5.10 Å². The topological polar surface area (TPSA) is 132 Å². The summed E-state index contributed by atoms with van der Waals surface area (Å²) < 4.78 is 10.2. The van der Waals surface area contributed by atoms with Crippen LogP contribution in [0.1, 0.15) is 26.3 Å². The van der Waals surface area contributed by atoms with E-state index >= 15 is 0 Å². The number of carbonyl (C=O) groups excluding carboxylic acids is 2. The molecule has 2 amide bonds. The molecular weight excluding hydrogens is 406 g/mol. The summed E-state index contributed by atoms with van der Waals surface area (Å²) >= 11 is 0. The highest BCUT2D eigenvalue weighted by atomic mass is 16.6. The molecular formula is C21H15N3O7. The molecule has 1 aliphatic rings. The van der Waals surface area contributed by atoms with Crippen LogP contribution in [0, 0.1) is 10.1 Å². The standard InChI is InChI=1S/C21H15N3O7/c1-30-16-8-11(9-17(31-2)19(16)25)10-22-23-20(26)13-5-3-4-12-15(24(28)29)7-6-14(18(12)13)21(23)27/h3-10,25H,1-2H3/b22-10+. The van der Waals surface area contributed by atoms with Gasteiger partial charge in [0.1, 0.15) is 0 Å². The van der Waals surface area contributed by atoms with Crippen molar-refractivity contribution in [3.05, 3.63) is 69.3 Å². The molecule has 0 unspecified atom stereocenters. The number of rotatable bonds is 5. The summed E-state index contributed by atoms with van der Waals surface area (Å²) in [4.78, 5) is 36.7. The summed E-state index contributed by atoms with van der Waals surface area (Å²) in [6, 6.07) is 9.95. The van der Waals surface area contributed by atoms with Crippen molar-refractivity contribution >= 4 is 34.5 Å². The Bertz CT molecular complexity index is 1250. The van der Waals surface area contributed by atoms with Gasteiger partial charge in [-0.1, -0.05) is 6.07 Å². The summed E-state index contributed by atoms with van der Waals surface area (Å²) in [5.74, 6) is -1.37. The maximum absolute atomic E-state index is 12.9. The third kappa shape index (κ3) is 3.10. The molecule has 10 heteroatoms.